The Morgan fingerprint density at radius 2 is 1.83 bits per heavy atom. The van der Waals surface area contributed by atoms with Gasteiger partial charge in [0.1, 0.15) is 11.6 Å². The average Bonchev–Trinajstić information content (AvgIpc) is 2.35. The van der Waals surface area contributed by atoms with Gasteiger partial charge < -0.3 is 10.4 Å². The highest BCUT2D eigenvalue weighted by Crippen LogP contribution is 2.26. The number of halogens is 3. The topological polar surface area (TPSA) is 32.3 Å². The van der Waals surface area contributed by atoms with E-state index in [2.05, 4.69) is 5.32 Å². The van der Waals surface area contributed by atoms with E-state index in [1.807, 2.05) is 0 Å². The van der Waals surface area contributed by atoms with Crippen molar-refractivity contribution in [2.45, 2.75) is 6.54 Å². The molecule has 0 radical (unpaired) electrons. The number of hydrogen-bond acceptors (Lipinski definition) is 2. The second kappa shape index (κ2) is 5.46. The average molecular weight is 286 g/mol. The zero-order valence-corrected chi connectivity index (χ0v) is 10.8. The summed E-state index contributed by atoms with van der Waals surface area (Å²) in [5.74, 6) is -0.417. The molecule has 0 unspecified atom stereocenters. The highest BCUT2D eigenvalue weighted by molar-refractivity contribution is 6.32. The maximum Gasteiger partial charge on any atom is 0.142 e. The Balaban J connectivity index is 2.06. The van der Waals surface area contributed by atoms with Crippen molar-refractivity contribution in [1.29, 1.82) is 0 Å². The van der Waals surface area contributed by atoms with Crippen molar-refractivity contribution in [3.8, 4) is 5.75 Å². The van der Waals surface area contributed by atoms with E-state index in [-0.39, 0.29) is 15.8 Å². The molecule has 0 amide bonds. The lowest BCUT2D eigenvalue weighted by molar-refractivity contribution is 0.475. The second-order valence-electron chi connectivity index (χ2n) is 3.77. The minimum atomic E-state index is -0.445. The first-order chi connectivity index (χ1) is 8.56. The van der Waals surface area contributed by atoms with Crippen molar-refractivity contribution < 1.29 is 9.50 Å². The van der Waals surface area contributed by atoms with Gasteiger partial charge in [-0.3, -0.25) is 0 Å². The fourth-order valence-electron chi connectivity index (χ4n) is 1.47. The van der Waals surface area contributed by atoms with Gasteiger partial charge in [-0.2, -0.15) is 0 Å². The molecule has 0 atom stereocenters. The van der Waals surface area contributed by atoms with Crippen LogP contribution >= 0.6 is 23.2 Å². The van der Waals surface area contributed by atoms with Crippen LogP contribution in [0.2, 0.25) is 10.0 Å². The molecule has 94 valence electrons. The number of hydrogen-bond donors (Lipinski definition) is 2. The molecular weight excluding hydrogens is 276 g/mol. The fourth-order valence-corrected chi connectivity index (χ4v) is 1.77. The van der Waals surface area contributed by atoms with Crippen LogP contribution in [0.15, 0.2) is 36.4 Å². The highest BCUT2D eigenvalue weighted by atomic mass is 35.5. The summed E-state index contributed by atoms with van der Waals surface area (Å²) < 4.78 is 13.2. The molecule has 0 saturated heterocycles. The zero-order valence-electron chi connectivity index (χ0n) is 9.25. The van der Waals surface area contributed by atoms with Crippen LogP contribution in [0.5, 0.6) is 5.75 Å². The largest absolute Gasteiger partial charge is 0.506 e. The van der Waals surface area contributed by atoms with Crippen LogP contribution in [-0.4, -0.2) is 5.11 Å². The van der Waals surface area contributed by atoms with Crippen LogP contribution in [0.4, 0.5) is 10.1 Å². The first kappa shape index (κ1) is 13.0. The molecule has 0 spiro atoms. The van der Waals surface area contributed by atoms with Crippen LogP contribution in [0, 0.1) is 5.82 Å². The van der Waals surface area contributed by atoms with Crippen molar-refractivity contribution in [2.24, 2.45) is 0 Å². The minimum absolute atomic E-state index is 0.0276. The number of phenolic OH excluding ortho intramolecular Hbond substituents is 1. The van der Waals surface area contributed by atoms with E-state index in [0.29, 0.717) is 6.54 Å². The van der Waals surface area contributed by atoms with Crippen molar-refractivity contribution in [3.05, 3.63) is 57.8 Å². The number of anilines is 1. The Morgan fingerprint density at radius 3 is 2.50 bits per heavy atom. The number of phenols is 1. The van der Waals surface area contributed by atoms with Gasteiger partial charge in [0.15, 0.2) is 0 Å². The van der Waals surface area contributed by atoms with E-state index >= 15 is 0 Å². The van der Waals surface area contributed by atoms with Crippen LogP contribution in [0.1, 0.15) is 5.56 Å². The lowest BCUT2D eigenvalue weighted by Crippen LogP contribution is -1.99. The monoisotopic (exact) mass is 285 g/mol. The summed E-state index contributed by atoms with van der Waals surface area (Å²) in [6, 6.07) is 9.40. The van der Waals surface area contributed by atoms with Gasteiger partial charge in [-0.1, -0.05) is 29.3 Å². The summed E-state index contributed by atoms with van der Waals surface area (Å²) in [7, 11) is 0. The van der Waals surface area contributed by atoms with Gasteiger partial charge in [-0.05, 0) is 35.9 Å². The van der Waals surface area contributed by atoms with Gasteiger partial charge >= 0.3 is 0 Å². The van der Waals surface area contributed by atoms with Gasteiger partial charge in [-0.25, -0.2) is 4.39 Å². The van der Waals surface area contributed by atoms with Crippen molar-refractivity contribution in [1.82, 2.24) is 0 Å². The maximum atomic E-state index is 13.2. The van der Waals surface area contributed by atoms with Crippen LogP contribution in [0.25, 0.3) is 0 Å². The standard InChI is InChI=1S/C13H10Cl2FNO/c14-10-3-1-8(5-12(10)16)7-17-9-2-4-13(18)11(15)6-9/h1-6,17-18H,7H2. The smallest absolute Gasteiger partial charge is 0.142 e. The molecule has 0 aliphatic rings. The Bertz CT molecular complexity index is 523. The normalized spacial score (nSPS) is 10.4. The van der Waals surface area contributed by atoms with E-state index in [4.69, 9.17) is 23.2 Å². The third-order valence-corrected chi connectivity index (χ3v) is 3.04. The third-order valence-electron chi connectivity index (χ3n) is 2.43. The second-order valence-corrected chi connectivity index (χ2v) is 4.58. The zero-order chi connectivity index (χ0) is 13.1. The van der Waals surface area contributed by atoms with E-state index in [1.165, 1.54) is 18.2 Å². The Kier molecular flexibility index (Phi) is 3.94. The van der Waals surface area contributed by atoms with Crippen molar-refractivity contribution in [2.75, 3.05) is 5.32 Å². The summed E-state index contributed by atoms with van der Waals surface area (Å²) in [5.41, 5.74) is 1.51. The number of rotatable bonds is 3. The summed E-state index contributed by atoms with van der Waals surface area (Å²) in [6.07, 6.45) is 0. The number of benzene rings is 2. The van der Waals surface area contributed by atoms with Crippen LogP contribution in [0.3, 0.4) is 0 Å². The molecule has 0 bridgehead atoms. The van der Waals surface area contributed by atoms with Crippen molar-refractivity contribution in [3.63, 3.8) is 0 Å². The third kappa shape index (κ3) is 3.06. The predicted octanol–water partition coefficient (Wildman–Crippen LogP) is 4.45. The molecule has 2 N–H and O–H groups in total. The molecule has 0 aromatic heterocycles. The quantitative estimate of drug-likeness (QED) is 0.817. The van der Waals surface area contributed by atoms with E-state index in [1.54, 1.807) is 18.2 Å². The first-order valence-electron chi connectivity index (χ1n) is 5.22. The van der Waals surface area contributed by atoms with E-state index < -0.39 is 5.82 Å². The highest BCUT2D eigenvalue weighted by Gasteiger charge is 2.02. The molecule has 2 aromatic rings. The fraction of sp³-hybridized carbons (Fsp3) is 0.0769. The van der Waals surface area contributed by atoms with Gasteiger partial charge in [-0.15, -0.1) is 0 Å². The molecule has 0 saturated carbocycles. The Hall–Kier alpha value is -1.45. The van der Waals surface area contributed by atoms with E-state index in [0.717, 1.165) is 11.3 Å². The molecule has 2 nitrogen and oxygen atoms in total. The lowest BCUT2D eigenvalue weighted by atomic mass is 10.2. The molecule has 0 fully saturated rings. The summed E-state index contributed by atoms with van der Waals surface area (Å²) >= 11 is 11.4. The number of nitrogens with one attached hydrogen (secondary N) is 1. The minimum Gasteiger partial charge on any atom is -0.506 e. The molecule has 5 heteroatoms. The molecule has 2 aromatic carbocycles. The predicted molar refractivity (Wildman–Crippen MR) is 71.9 cm³/mol. The Morgan fingerprint density at radius 1 is 1.06 bits per heavy atom. The van der Waals surface area contributed by atoms with Crippen molar-refractivity contribution >= 4 is 28.9 Å². The van der Waals surface area contributed by atoms with Gasteiger partial charge in [0.25, 0.3) is 0 Å². The molecule has 0 aliphatic carbocycles. The maximum absolute atomic E-state index is 13.2. The van der Waals surface area contributed by atoms with Gasteiger partial charge in [0.05, 0.1) is 10.0 Å². The van der Waals surface area contributed by atoms with E-state index in [9.17, 15) is 9.50 Å². The van der Waals surface area contributed by atoms with Crippen LogP contribution in [-0.2, 0) is 6.54 Å². The summed E-state index contributed by atoms with van der Waals surface area (Å²) in [4.78, 5) is 0. The summed E-state index contributed by atoms with van der Waals surface area (Å²) in [5, 5.41) is 12.7. The van der Waals surface area contributed by atoms with Crippen LogP contribution < -0.4 is 5.32 Å². The Labute approximate surface area is 114 Å². The number of aromatic hydroxyl groups is 1. The summed E-state index contributed by atoms with van der Waals surface area (Å²) in [6.45, 7) is 0.440. The molecule has 0 heterocycles. The molecule has 18 heavy (non-hydrogen) atoms. The lowest BCUT2D eigenvalue weighted by Gasteiger charge is -2.08. The SMILES string of the molecule is Oc1ccc(NCc2ccc(Cl)c(F)c2)cc1Cl. The molecular formula is C13H10Cl2FNO. The molecule has 0 aliphatic heterocycles. The van der Waals surface area contributed by atoms with Gasteiger partial charge in [0, 0.05) is 12.2 Å². The molecule has 2 rings (SSSR count). The van der Waals surface area contributed by atoms with Gasteiger partial charge in [0.2, 0.25) is 0 Å². The first-order valence-corrected chi connectivity index (χ1v) is 5.98.